The van der Waals surface area contributed by atoms with Gasteiger partial charge < -0.3 is 11.1 Å². The van der Waals surface area contributed by atoms with Crippen LogP contribution >= 0.6 is 0 Å². The number of amides is 2. The molecule has 0 bridgehead atoms. The maximum Gasteiger partial charge on any atom is 0.224 e. The minimum absolute atomic E-state index is 0.0872. The average Bonchev–Trinajstić information content (AvgIpc) is 2.23. The zero-order valence-corrected chi connectivity index (χ0v) is 11.2. The number of rotatable bonds is 7. The molecule has 4 heteroatoms. The SMILES string of the molecule is C/C=C/C[C@H](C(N)=O)[C@H](C(=O)NCC)C(C)C. The Hall–Kier alpha value is -1.32. The number of primary amides is 1. The van der Waals surface area contributed by atoms with Crippen LogP contribution in [0.5, 0.6) is 0 Å². The van der Waals surface area contributed by atoms with Crippen LogP contribution in [0, 0.1) is 17.8 Å². The van der Waals surface area contributed by atoms with Gasteiger partial charge in [0.2, 0.25) is 11.8 Å². The van der Waals surface area contributed by atoms with Gasteiger partial charge in [-0.3, -0.25) is 9.59 Å². The maximum atomic E-state index is 12.0. The zero-order valence-electron chi connectivity index (χ0n) is 11.2. The third-order valence-corrected chi connectivity index (χ3v) is 2.80. The summed E-state index contributed by atoms with van der Waals surface area (Å²) in [5.41, 5.74) is 5.40. The van der Waals surface area contributed by atoms with E-state index in [9.17, 15) is 9.59 Å². The van der Waals surface area contributed by atoms with Crippen molar-refractivity contribution in [2.45, 2.75) is 34.1 Å². The quantitative estimate of drug-likeness (QED) is 0.661. The minimum Gasteiger partial charge on any atom is -0.369 e. The molecular weight excluding hydrogens is 216 g/mol. The van der Waals surface area contributed by atoms with Crippen molar-refractivity contribution in [3.05, 3.63) is 12.2 Å². The highest BCUT2D eigenvalue weighted by atomic mass is 16.2. The topological polar surface area (TPSA) is 72.2 Å². The Labute approximate surface area is 104 Å². The van der Waals surface area contributed by atoms with E-state index in [2.05, 4.69) is 5.32 Å². The summed E-state index contributed by atoms with van der Waals surface area (Å²) in [6, 6.07) is 0. The summed E-state index contributed by atoms with van der Waals surface area (Å²) in [5, 5.41) is 2.77. The molecule has 0 fully saturated rings. The van der Waals surface area contributed by atoms with Crippen molar-refractivity contribution in [1.82, 2.24) is 5.32 Å². The fraction of sp³-hybridized carbons (Fsp3) is 0.692. The molecule has 0 aromatic heterocycles. The van der Waals surface area contributed by atoms with Crippen molar-refractivity contribution < 1.29 is 9.59 Å². The molecule has 0 heterocycles. The molecule has 0 radical (unpaired) electrons. The predicted octanol–water partition coefficient (Wildman–Crippen LogP) is 1.46. The molecule has 4 nitrogen and oxygen atoms in total. The van der Waals surface area contributed by atoms with E-state index in [0.717, 1.165) is 0 Å². The Kier molecular flexibility index (Phi) is 7.26. The average molecular weight is 240 g/mol. The van der Waals surface area contributed by atoms with Crippen LogP contribution in [0.25, 0.3) is 0 Å². The first kappa shape index (κ1) is 15.7. The summed E-state index contributed by atoms with van der Waals surface area (Å²) in [6.45, 7) is 8.18. The molecule has 0 saturated heterocycles. The molecule has 98 valence electrons. The van der Waals surface area contributed by atoms with E-state index in [4.69, 9.17) is 5.73 Å². The molecule has 0 aliphatic heterocycles. The van der Waals surface area contributed by atoms with Crippen molar-refractivity contribution in [2.75, 3.05) is 6.54 Å². The van der Waals surface area contributed by atoms with Gasteiger partial charge in [0.25, 0.3) is 0 Å². The van der Waals surface area contributed by atoms with Crippen molar-refractivity contribution in [1.29, 1.82) is 0 Å². The minimum atomic E-state index is -0.433. The Balaban J connectivity index is 4.95. The number of hydrogen-bond donors (Lipinski definition) is 2. The molecule has 0 aliphatic rings. The molecule has 2 amide bonds. The summed E-state index contributed by atoms with van der Waals surface area (Å²) in [5.74, 6) is -1.20. The highest BCUT2D eigenvalue weighted by Gasteiger charge is 2.33. The number of carbonyl (C=O) groups excluding carboxylic acids is 2. The summed E-state index contributed by atoms with van der Waals surface area (Å²) in [6.07, 6.45) is 4.26. The monoisotopic (exact) mass is 240 g/mol. The molecule has 0 aromatic carbocycles. The number of nitrogens with two attached hydrogens (primary N) is 1. The zero-order chi connectivity index (χ0) is 13.4. The van der Waals surface area contributed by atoms with Gasteiger partial charge in [0.05, 0.1) is 11.8 Å². The fourth-order valence-corrected chi connectivity index (χ4v) is 1.96. The highest BCUT2D eigenvalue weighted by Crippen LogP contribution is 2.24. The van der Waals surface area contributed by atoms with Crippen molar-refractivity contribution in [3.63, 3.8) is 0 Å². The molecule has 17 heavy (non-hydrogen) atoms. The Bertz CT molecular complexity index is 285. The molecule has 0 saturated carbocycles. The first-order chi connectivity index (χ1) is 7.95. The van der Waals surface area contributed by atoms with Crippen LogP contribution in [0.3, 0.4) is 0 Å². The smallest absolute Gasteiger partial charge is 0.224 e. The normalized spacial score (nSPS) is 14.9. The van der Waals surface area contributed by atoms with Crippen LogP contribution in [0.15, 0.2) is 12.2 Å². The molecule has 0 rings (SSSR count). The fourth-order valence-electron chi connectivity index (χ4n) is 1.96. The van der Waals surface area contributed by atoms with Gasteiger partial charge in [-0.15, -0.1) is 0 Å². The van der Waals surface area contributed by atoms with Gasteiger partial charge in [-0.1, -0.05) is 26.0 Å². The lowest BCUT2D eigenvalue weighted by molar-refractivity contribution is -0.134. The number of hydrogen-bond acceptors (Lipinski definition) is 2. The Morgan fingerprint density at radius 2 is 1.94 bits per heavy atom. The largest absolute Gasteiger partial charge is 0.369 e. The van der Waals surface area contributed by atoms with Gasteiger partial charge in [0, 0.05) is 6.54 Å². The Morgan fingerprint density at radius 1 is 1.35 bits per heavy atom. The van der Waals surface area contributed by atoms with Gasteiger partial charge in [0.1, 0.15) is 0 Å². The second-order valence-corrected chi connectivity index (χ2v) is 4.48. The van der Waals surface area contributed by atoms with Crippen molar-refractivity contribution >= 4 is 11.8 Å². The van der Waals surface area contributed by atoms with Gasteiger partial charge in [-0.25, -0.2) is 0 Å². The standard InChI is InChI=1S/C13H24N2O2/c1-5-7-8-10(12(14)16)11(9(3)4)13(17)15-6-2/h5,7,9-11H,6,8H2,1-4H3,(H2,14,16)(H,15,17)/b7-5+/t10-,11+/m0/s1. The van der Waals surface area contributed by atoms with Crippen LogP contribution in [0.2, 0.25) is 0 Å². The van der Waals surface area contributed by atoms with E-state index in [1.54, 1.807) is 0 Å². The van der Waals surface area contributed by atoms with Crippen LogP contribution in [-0.2, 0) is 9.59 Å². The summed E-state index contributed by atoms with van der Waals surface area (Å²) in [4.78, 5) is 23.4. The van der Waals surface area contributed by atoms with E-state index in [1.807, 2.05) is 39.8 Å². The van der Waals surface area contributed by atoms with Gasteiger partial charge in [0.15, 0.2) is 0 Å². The number of carbonyl (C=O) groups is 2. The lowest BCUT2D eigenvalue weighted by Crippen LogP contribution is -2.42. The van der Waals surface area contributed by atoms with Crippen molar-refractivity contribution in [3.8, 4) is 0 Å². The predicted molar refractivity (Wildman–Crippen MR) is 69.1 cm³/mol. The summed E-state index contributed by atoms with van der Waals surface area (Å²) >= 11 is 0. The second-order valence-electron chi connectivity index (χ2n) is 4.48. The second kappa shape index (κ2) is 7.87. The van der Waals surface area contributed by atoms with E-state index >= 15 is 0 Å². The Morgan fingerprint density at radius 3 is 2.29 bits per heavy atom. The molecular formula is C13H24N2O2. The van der Waals surface area contributed by atoms with Gasteiger partial charge >= 0.3 is 0 Å². The lowest BCUT2D eigenvalue weighted by Gasteiger charge is -2.26. The molecule has 3 N–H and O–H groups in total. The highest BCUT2D eigenvalue weighted by molar-refractivity contribution is 5.87. The van der Waals surface area contributed by atoms with Gasteiger partial charge in [-0.05, 0) is 26.2 Å². The van der Waals surface area contributed by atoms with Crippen LogP contribution in [-0.4, -0.2) is 18.4 Å². The van der Waals surface area contributed by atoms with Crippen LogP contribution in [0.1, 0.15) is 34.1 Å². The molecule has 0 aromatic rings. The molecule has 2 atom stereocenters. The number of allylic oxidation sites excluding steroid dienone is 2. The maximum absolute atomic E-state index is 12.0. The van der Waals surface area contributed by atoms with Crippen molar-refractivity contribution in [2.24, 2.45) is 23.5 Å². The molecule has 0 aliphatic carbocycles. The summed E-state index contributed by atoms with van der Waals surface area (Å²) in [7, 11) is 0. The third-order valence-electron chi connectivity index (χ3n) is 2.80. The summed E-state index contributed by atoms with van der Waals surface area (Å²) < 4.78 is 0. The number of nitrogens with one attached hydrogen (secondary N) is 1. The third kappa shape index (κ3) is 5.02. The van der Waals surface area contributed by atoms with E-state index in [0.29, 0.717) is 13.0 Å². The van der Waals surface area contributed by atoms with Crippen LogP contribution in [0.4, 0.5) is 0 Å². The first-order valence-corrected chi connectivity index (χ1v) is 6.13. The van der Waals surface area contributed by atoms with E-state index in [1.165, 1.54) is 0 Å². The molecule has 0 spiro atoms. The van der Waals surface area contributed by atoms with E-state index in [-0.39, 0.29) is 17.7 Å². The lowest BCUT2D eigenvalue weighted by atomic mass is 9.80. The van der Waals surface area contributed by atoms with Crippen LogP contribution < -0.4 is 11.1 Å². The first-order valence-electron chi connectivity index (χ1n) is 6.13. The van der Waals surface area contributed by atoms with Gasteiger partial charge in [-0.2, -0.15) is 0 Å². The van der Waals surface area contributed by atoms with E-state index < -0.39 is 11.8 Å². The molecule has 0 unspecified atom stereocenters.